The van der Waals surface area contributed by atoms with Crippen LogP contribution in [0.15, 0.2) is 0 Å². The molecule has 100 valence electrons. The van der Waals surface area contributed by atoms with Crippen LogP contribution in [-0.4, -0.2) is 45.5 Å². The second-order valence-corrected chi connectivity index (χ2v) is 7.49. The van der Waals surface area contributed by atoms with E-state index < -0.39 is 15.3 Å². The summed E-state index contributed by atoms with van der Waals surface area (Å²) in [5.74, 6) is -0.0664. The zero-order chi connectivity index (χ0) is 13.1. The zero-order valence-electron chi connectivity index (χ0n) is 10.7. The molecule has 1 rings (SSSR count). The smallest absolute Gasteiger partial charge is 0.227 e. The van der Waals surface area contributed by atoms with E-state index in [1.54, 1.807) is 6.92 Å². The van der Waals surface area contributed by atoms with Crippen molar-refractivity contribution in [2.24, 2.45) is 5.41 Å². The molecule has 1 saturated heterocycles. The molecule has 0 aliphatic carbocycles. The van der Waals surface area contributed by atoms with Gasteiger partial charge in [0.1, 0.15) is 9.84 Å². The van der Waals surface area contributed by atoms with Crippen molar-refractivity contribution in [2.45, 2.75) is 32.7 Å². The zero-order valence-corrected chi connectivity index (χ0v) is 11.6. The number of amides is 1. The summed E-state index contributed by atoms with van der Waals surface area (Å²) >= 11 is 0. The average molecular weight is 262 g/mol. The van der Waals surface area contributed by atoms with Crippen LogP contribution in [0.25, 0.3) is 0 Å². The van der Waals surface area contributed by atoms with Crippen LogP contribution in [0.4, 0.5) is 0 Å². The lowest BCUT2D eigenvalue weighted by molar-refractivity contribution is -0.131. The molecule has 1 heterocycles. The summed E-state index contributed by atoms with van der Waals surface area (Å²) in [6.45, 7) is 5.24. The monoisotopic (exact) mass is 262 g/mol. The number of carbonyl (C=O) groups excluding carboxylic acids is 1. The van der Waals surface area contributed by atoms with Crippen LogP contribution in [0.1, 0.15) is 26.7 Å². The van der Waals surface area contributed by atoms with Crippen molar-refractivity contribution in [3.05, 3.63) is 0 Å². The van der Waals surface area contributed by atoms with Crippen molar-refractivity contribution >= 4 is 15.7 Å². The highest BCUT2D eigenvalue weighted by molar-refractivity contribution is 7.90. The summed E-state index contributed by atoms with van der Waals surface area (Å²) in [6.07, 6.45) is 3.00. The van der Waals surface area contributed by atoms with Crippen molar-refractivity contribution in [1.82, 2.24) is 10.6 Å². The Morgan fingerprint density at radius 3 is 2.65 bits per heavy atom. The SMILES string of the molecule is CC(CS(C)(=O)=O)NC(=O)C1(C)CCCNC1. The lowest BCUT2D eigenvalue weighted by atomic mass is 9.82. The molecule has 1 aliphatic rings. The molecule has 2 atom stereocenters. The molecule has 17 heavy (non-hydrogen) atoms. The largest absolute Gasteiger partial charge is 0.352 e. The Kier molecular flexibility index (Phi) is 4.55. The minimum Gasteiger partial charge on any atom is -0.352 e. The van der Waals surface area contributed by atoms with Crippen LogP contribution in [0.5, 0.6) is 0 Å². The first kappa shape index (κ1) is 14.4. The Bertz CT molecular complexity index is 372. The van der Waals surface area contributed by atoms with Gasteiger partial charge in [-0.3, -0.25) is 4.79 Å². The van der Waals surface area contributed by atoms with Gasteiger partial charge in [0.15, 0.2) is 0 Å². The van der Waals surface area contributed by atoms with Crippen molar-refractivity contribution < 1.29 is 13.2 Å². The second kappa shape index (κ2) is 5.35. The van der Waals surface area contributed by atoms with Crippen molar-refractivity contribution in [1.29, 1.82) is 0 Å². The molecule has 0 bridgehead atoms. The topological polar surface area (TPSA) is 75.3 Å². The number of hydrogen-bond donors (Lipinski definition) is 2. The van der Waals surface area contributed by atoms with Crippen LogP contribution in [0, 0.1) is 5.41 Å². The fourth-order valence-electron chi connectivity index (χ4n) is 2.14. The molecule has 0 aromatic rings. The first-order valence-electron chi connectivity index (χ1n) is 5.92. The summed E-state index contributed by atoms with van der Waals surface area (Å²) in [5, 5.41) is 5.99. The molecule has 1 amide bonds. The summed E-state index contributed by atoms with van der Waals surface area (Å²) < 4.78 is 22.2. The van der Waals surface area contributed by atoms with Gasteiger partial charge in [0.05, 0.1) is 11.2 Å². The quantitative estimate of drug-likeness (QED) is 0.743. The van der Waals surface area contributed by atoms with Gasteiger partial charge in [0.25, 0.3) is 0 Å². The van der Waals surface area contributed by atoms with Gasteiger partial charge < -0.3 is 10.6 Å². The van der Waals surface area contributed by atoms with Crippen LogP contribution in [0.3, 0.4) is 0 Å². The van der Waals surface area contributed by atoms with Crippen LogP contribution in [0.2, 0.25) is 0 Å². The number of nitrogens with one attached hydrogen (secondary N) is 2. The minimum atomic E-state index is -3.05. The number of carbonyl (C=O) groups is 1. The first-order chi connectivity index (χ1) is 7.73. The van der Waals surface area contributed by atoms with Crippen molar-refractivity contribution in [3.63, 3.8) is 0 Å². The number of rotatable bonds is 4. The molecule has 5 nitrogen and oxygen atoms in total. The fourth-order valence-corrected chi connectivity index (χ4v) is 3.14. The van der Waals surface area contributed by atoms with Gasteiger partial charge >= 0.3 is 0 Å². The molecular formula is C11H22N2O3S. The van der Waals surface area contributed by atoms with E-state index in [9.17, 15) is 13.2 Å². The third-order valence-electron chi connectivity index (χ3n) is 3.08. The maximum Gasteiger partial charge on any atom is 0.227 e. The Balaban J connectivity index is 2.53. The normalized spacial score (nSPS) is 27.5. The predicted octanol–water partition coefficient (Wildman–Crippen LogP) is -0.0746. The lowest BCUT2D eigenvalue weighted by Crippen LogP contribution is -2.51. The van der Waals surface area contributed by atoms with Crippen LogP contribution >= 0.6 is 0 Å². The molecule has 2 N–H and O–H groups in total. The van der Waals surface area contributed by atoms with E-state index in [-0.39, 0.29) is 17.7 Å². The molecule has 0 aromatic carbocycles. The van der Waals surface area contributed by atoms with Crippen molar-refractivity contribution in [3.8, 4) is 0 Å². The number of sulfone groups is 1. The summed E-state index contributed by atoms with van der Waals surface area (Å²) in [4.78, 5) is 12.1. The van der Waals surface area contributed by atoms with Gasteiger partial charge in [-0.25, -0.2) is 8.42 Å². The van der Waals surface area contributed by atoms with E-state index in [0.717, 1.165) is 19.4 Å². The van der Waals surface area contributed by atoms with E-state index in [4.69, 9.17) is 0 Å². The minimum absolute atomic E-state index is 0.0117. The molecule has 2 unspecified atom stereocenters. The van der Waals surface area contributed by atoms with E-state index >= 15 is 0 Å². The maximum absolute atomic E-state index is 12.1. The highest BCUT2D eigenvalue weighted by atomic mass is 32.2. The Morgan fingerprint density at radius 2 is 2.18 bits per heavy atom. The van der Waals surface area contributed by atoms with Gasteiger partial charge in [-0.2, -0.15) is 0 Å². The molecule has 6 heteroatoms. The highest BCUT2D eigenvalue weighted by Crippen LogP contribution is 2.25. The van der Waals surface area contributed by atoms with Crippen LogP contribution in [-0.2, 0) is 14.6 Å². The third-order valence-corrected chi connectivity index (χ3v) is 4.18. The lowest BCUT2D eigenvalue weighted by Gasteiger charge is -2.33. The molecule has 0 spiro atoms. The Hall–Kier alpha value is -0.620. The standard InChI is InChI=1S/C11H22N2O3S/c1-9(7-17(3,15)16)13-10(14)11(2)5-4-6-12-8-11/h9,12H,4-8H2,1-3H3,(H,13,14). The van der Waals surface area contributed by atoms with Crippen molar-refractivity contribution in [2.75, 3.05) is 25.1 Å². The van der Waals surface area contributed by atoms with Gasteiger partial charge in [-0.1, -0.05) is 0 Å². The van der Waals surface area contributed by atoms with Gasteiger partial charge in [-0.15, -0.1) is 0 Å². The second-order valence-electron chi connectivity index (χ2n) is 5.31. The third kappa shape index (κ3) is 4.63. The van der Waals surface area contributed by atoms with E-state index in [1.807, 2.05) is 6.92 Å². The van der Waals surface area contributed by atoms with E-state index in [2.05, 4.69) is 10.6 Å². The highest BCUT2D eigenvalue weighted by Gasteiger charge is 2.35. The summed E-state index contributed by atoms with van der Waals surface area (Å²) in [6, 6.07) is -0.337. The Labute approximate surface area is 103 Å². The summed E-state index contributed by atoms with van der Waals surface area (Å²) in [7, 11) is -3.05. The molecule has 0 saturated carbocycles. The maximum atomic E-state index is 12.1. The van der Waals surface area contributed by atoms with Gasteiger partial charge in [-0.05, 0) is 33.2 Å². The molecular weight excluding hydrogens is 240 g/mol. The number of piperidine rings is 1. The van der Waals surface area contributed by atoms with Crippen LogP contribution < -0.4 is 10.6 Å². The molecule has 0 radical (unpaired) electrons. The van der Waals surface area contributed by atoms with Gasteiger partial charge in [0.2, 0.25) is 5.91 Å². The number of hydrogen-bond acceptors (Lipinski definition) is 4. The predicted molar refractivity (Wildman–Crippen MR) is 67.5 cm³/mol. The van der Waals surface area contributed by atoms with E-state index in [0.29, 0.717) is 6.54 Å². The molecule has 1 fully saturated rings. The average Bonchev–Trinajstić information content (AvgIpc) is 2.15. The fraction of sp³-hybridized carbons (Fsp3) is 0.909. The Morgan fingerprint density at radius 1 is 1.53 bits per heavy atom. The molecule has 0 aromatic heterocycles. The first-order valence-corrected chi connectivity index (χ1v) is 7.98. The van der Waals surface area contributed by atoms with E-state index in [1.165, 1.54) is 6.26 Å². The van der Waals surface area contributed by atoms with Gasteiger partial charge in [0, 0.05) is 18.8 Å². The molecule has 1 aliphatic heterocycles. The summed E-state index contributed by atoms with van der Waals surface area (Å²) in [5.41, 5.74) is -0.413.